The Hall–Kier alpha value is -2.10. The first-order chi connectivity index (χ1) is 8.29. The maximum absolute atomic E-state index is 5.62. The van der Waals surface area contributed by atoms with Gasteiger partial charge in [0.2, 0.25) is 0 Å². The quantitative estimate of drug-likeness (QED) is 0.875. The van der Waals surface area contributed by atoms with Gasteiger partial charge in [0.05, 0.1) is 6.61 Å². The van der Waals surface area contributed by atoms with Crippen LogP contribution in [0.1, 0.15) is 13.3 Å². The minimum atomic E-state index is 0.473. The summed E-state index contributed by atoms with van der Waals surface area (Å²) < 4.78 is 5.50. The van der Waals surface area contributed by atoms with Gasteiger partial charge < -0.3 is 10.5 Å². The van der Waals surface area contributed by atoms with E-state index < -0.39 is 0 Å². The third-order valence-electron chi connectivity index (χ3n) is 2.26. The van der Waals surface area contributed by atoms with E-state index >= 15 is 0 Å². The number of ether oxygens (including phenoxy) is 1. The molecule has 1 aromatic carbocycles. The predicted octanol–water partition coefficient (Wildman–Crippen LogP) is 2.51. The minimum Gasteiger partial charge on any atom is -0.494 e. The van der Waals surface area contributed by atoms with Gasteiger partial charge in [-0.15, -0.1) is 0 Å². The number of rotatable bonds is 4. The zero-order valence-electron chi connectivity index (χ0n) is 9.76. The van der Waals surface area contributed by atoms with Gasteiger partial charge in [-0.2, -0.15) is 0 Å². The standard InChI is InChI=1S/C13H15N3O/c1-2-9-17-11-5-3-10(4-6-11)13-15-8-7-12(14)16-13/h3-8H,2,9H2,1H3,(H2,14,15,16). The Bertz CT molecular complexity index is 482. The molecule has 1 aromatic heterocycles. The van der Waals surface area contributed by atoms with Crippen molar-refractivity contribution in [3.63, 3.8) is 0 Å². The van der Waals surface area contributed by atoms with Crippen molar-refractivity contribution in [2.75, 3.05) is 12.3 Å². The van der Waals surface area contributed by atoms with Gasteiger partial charge in [0.1, 0.15) is 11.6 Å². The fraction of sp³-hybridized carbons (Fsp3) is 0.231. The Kier molecular flexibility index (Phi) is 3.55. The average Bonchev–Trinajstić information content (AvgIpc) is 2.37. The van der Waals surface area contributed by atoms with E-state index in [4.69, 9.17) is 10.5 Å². The molecule has 4 nitrogen and oxygen atoms in total. The highest BCUT2D eigenvalue weighted by atomic mass is 16.5. The maximum Gasteiger partial charge on any atom is 0.161 e. The Balaban J connectivity index is 2.17. The van der Waals surface area contributed by atoms with Gasteiger partial charge in [-0.3, -0.25) is 0 Å². The highest BCUT2D eigenvalue weighted by Crippen LogP contribution is 2.19. The van der Waals surface area contributed by atoms with Crippen LogP contribution in [0.3, 0.4) is 0 Å². The molecule has 4 heteroatoms. The number of benzene rings is 1. The summed E-state index contributed by atoms with van der Waals surface area (Å²) in [6, 6.07) is 9.36. The Labute approximate surface area is 100 Å². The Morgan fingerprint density at radius 1 is 1.18 bits per heavy atom. The van der Waals surface area contributed by atoms with Gasteiger partial charge in [0.15, 0.2) is 5.82 Å². The molecule has 0 aliphatic rings. The summed E-state index contributed by atoms with van der Waals surface area (Å²) in [7, 11) is 0. The number of nitrogens with zero attached hydrogens (tertiary/aromatic N) is 2. The third-order valence-corrected chi connectivity index (χ3v) is 2.26. The molecule has 0 atom stereocenters. The summed E-state index contributed by atoms with van der Waals surface area (Å²) in [5.41, 5.74) is 6.55. The minimum absolute atomic E-state index is 0.473. The average molecular weight is 229 g/mol. The Morgan fingerprint density at radius 3 is 2.59 bits per heavy atom. The van der Waals surface area contributed by atoms with Crippen molar-refractivity contribution in [2.24, 2.45) is 0 Å². The fourth-order valence-electron chi connectivity index (χ4n) is 1.43. The molecule has 0 saturated heterocycles. The molecule has 0 bridgehead atoms. The molecule has 2 N–H and O–H groups in total. The van der Waals surface area contributed by atoms with Gasteiger partial charge in [-0.05, 0) is 36.8 Å². The van der Waals surface area contributed by atoms with E-state index in [1.807, 2.05) is 24.3 Å². The molecule has 0 saturated carbocycles. The summed E-state index contributed by atoms with van der Waals surface area (Å²) in [6.45, 7) is 2.81. The van der Waals surface area contributed by atoms with Gasteiger partial charge in [0, 0.05) is 11.8 Å². The summed E-state index contributed by atoms with van der Waals surface area (Å²) in [5.74, 6) is 1.97. The molecule has 2 aromatic rings. The van der Waals surface area contributed by atoms with Crippen molar-refractivity contribution in [1.29, 1.82) is 0 Å². The topological polar surface area (TPSA) is 61.0 Å². The highest BCUT2D eigenvalue weighted by molar-refractivity contribution is 5.57. The summed E-state index contributed by atoms with van der Waals surface area (Å²) in [4.78, 5) is 8.33. The van der Waals surface area contributed by atoms with Crippen LogP contribution >= 0.6 is 0 Å². The first-order valence-corrected chi connectivity index (χ1v) is 5.61. The largest absolute Gasteiger partial charge is 0.494 e. The summed E-state index contributed by atoms with van der Waals surface area (Å²) >= 11 is 0. The number of hydrogen-bond donors (Lipinski definition) is 1. The molecule has 2 rings (SSSR count). The van der Waals surface area contributed by atoms with Crippen molar-refractivity contribution >= 4 is 5.82 Å². The van der Waals surface area contributed by atoms with Crippen molar-refractivity contribution in [2.45, 2.75) is 13.3 Å². The molecule has 0 aliphatic heterocycles. The molecular formula is C13H15N3O. The summed E-state index contributed by atoms with van der Waals surface area (Å²) in [6.07, 6.45) is 2.65. The number of nitrogens with two attached hydrogens (primary N) is 1. The lowest BCUT2D eigenvalue weighted by Crippen LogP contribution is -1.96. The van der Waals surface area contributed by atoms with Crippen LogP contribution in [0.4, 0.5) is 5.82 Å². The SMILES string of the molecule is CCCOc1ccc(-c2nccc(N)n2)cc1. The van der Waals surface area contributed by atoms with Crippen LogP contribution in [-0.2, 0) is 0 Å². The van der Waals surface area contributed by atoms with Crippen molar-refractivity contribution in [3.05, 3.63) is 36.5 Å². The molecule has 17 heavy (non-hydrogen) atoms. The first-order valence-electron chi connectivity index (χ1n) is 5.61. The smallest absolute Gasteiger partial charge is 0.161 e. The van der Waals surface area contributed by atoms with Crippen molar-refractivity contribution in [3.8, 4) is 17.1 Å². The third kappa shape index (κ3) is 2.93. The molecule has 1 heterocycles. The van der Waals surface area contributed by atoms with E-state index in [1.54, 1.807) is 12.3 Å². The van der Waals surface area contributed by atoms with Crippen LogP contribution < -0.4 is 10.5 Å². The maximum atomic E-state index is 5.62. The zero-order valence-corrected chi connectivity index (χ0v) is 9.76. The monoisotopic (exact) mass is 229 g/mol. The van der Waals surface area contributed by atoms with Crippen LogP contribution in [0.2, 0.25) is 0 Å². The summed E-state index contributed by atoms with van der Waals surface area (Å²) in [5, 5.41) is 0. The molecule has 0 fully saturated rings. The lowest BCUT2D eigenvalue weighted by Gasteiger charge is -2.05. The fourth-order valence-corrected chi connectivity index (χ4v) is 1.43. The second kappa shape index (κ2) is 5.30. The van der Waals surface area contributed by atoms with Crippen molar-refractivity contribution in [1.82, 2.24) is 9.97 Å². The second-order valence-corrected chi connectivity index (χ2v) is 3.68. The lowest BCUT2D eigenvalue weighted by molar-refractivity contribution is 0.317. The van der Waals surface area contributed by atoms with Crippen molar-refractivity contribution < 1.29 is 4.74 Å². The number of nitrogen functional groups attached to an aromatic ring is 1. The van der Waals surface area contributed by atoms with E-state index in [-0.39, 0.29) is 0 Å². The lowest BCUT2D eigenvalue weighted by atomic mass is 10.2. The van der Waals surface area contributed by atoms with Gasteiger partial charge in [0.25, 0.3) is 0 Å². The van der Waals surface area contributed by atoms with Crippen LogP contribution in [0, 0.1) is 0 Å². The van der Waals surface area contributed by atoms with Crippen LogP contribution in [-0.4, -0.2) is 16.6 Å². The van der Waals surface area contributed by atoms with Crippen LogP contribution in [0.25, 0.3) is 11.4 Å². The highest BCUT2D eigenvalue weighted by Gasteiger charge is 2.01. The Morgan fingerprint density at radius 2 is 1.94 bits per heavy atom. The van der Waals surface area contributed by atoms with E-state index in [2.05, 4.69) is 16.9 Å². The molecule has 88 valence electrons. The number of anilines is 1. The van der Waals surface area contributed by atoms with E-state index in [1.165, 1.54) is 0 Å². The van der Waals surface area contributed by atoms with Gasteiger partial charge in [-0.25, -0.2) is 9.97 Å². The predicted molar refractivity (Wildman–Crippen MR) is 67.7 cm³/mol. The molecule has 0 amide bonds. The number of aromatic nitrogens is 2. The van der Waals surface area contributed by atoms with Gasteiger partial charge in [-0.1, -0.05) is 6.92 Å². The molecular weight excluding hydrogens is 214 g/mol. The molecule has 0 spiro atoms. The normalized spacial score (nSPS) is 10.2. The molecule has 0 aliphatic carbocycles. The zero-order chi connectivity index (χ0) is 12.1. The van der Waals surface area contributed by atoms with E-state index in [0.29, 0.717) is 11.6 Å². The van der Waals surface area contributed by atoms with E-state index in [9.17, 15) is 0 Å². The molecule has 0 unspecified atom stereocenters. The van der Waals surface area contributed by atoms with Crippen LogP contribution in [0.5, 0.6) is 5.75 Å². The number of hydrogen-bond acceptors (Lipinski definition) is 4. The van der Waals surface area contributed by atoms with Gasteiger partial charge >= 0.3 is 0 Å². The first kappa shape index (κ1) is 11.4. The second-order valence-electron chi connectivity index (χ2n) is 3.68. The van der Waals surface area contributed by atoms with E-state index in [0.717, 1.165) is 24.3 Å². The van der Waals surface area contributed by atoms with Crippen LogP contribution in [0.15, 0.2) is 36.5 Å². The molecule has 0 radical (unpaired) electrons.